The van der Waals surface area contributed by atoms with E-state index in [1.165, 1.54) is 6.07 Å². The Balaban J connectivity index is 2.68. The number of nitro benzene ring substituents is 1. The number of aryl methyl sites for hydroxylation is 2. The number of hydrogen-bond donors (Lipinski definition) is 1. The number of aromatic nitrogens is 1. The molecule has 1 aromatic heterocycles. The van der Waals surface area contributed by atoms with Crippen LogP contribution in [0.15, 0.2) is 24.3 Å². The molecule has 0 aliphatic rings. The minimum Gasteiger partial charge on any atom is -0.392 e. The van der Waals surface area contributed by atoms with Gasteiger partial charge in [-0.15, -0.1) is 0 Å². The molecular weight excluding hydrogens is 244 g/mol. The van der Waals surface area contributed by atoms with Gasteiger partial charge in [-0.3, -0.25) is 10.1 Å². The van der Waals surface area contributed by atoms with Gasteiger partial charge >= 0.3 is 0 Å². The SMILES string of the molecule is Cc1ccc([N+](=O)[O-])cc1-n1c(C)cc(CO)c1C. The van der Waals surface area contributed by atoms with Gasteiger partial charge in [0, 0.05) is 23.5 Å². The van der Waals surface area contributed by atoms with Crippen molar-refractivity contribution < 1.29 is 10.0 Å². The van der Waals surface area contributed by atoms with E-state index in [0.29, 0.717) is 0 Å². The lowest BCUT2D eigenvalue weighted by atomic mass is 10.1. The highest BCUT2D eigenvalue weighted by atomic mass is 16.6. The Morgan fingerprint density at radius 1 is 1.26 bits per heavy atom. The standard InChI is InChI=1S/C14H16N2O3/c1-9-4-5-13(16(18)19)7-14(9)15-10(2)6-12(8-17)11(15)3/h4-7,17H,8H2,1-3H3. The molecule has 2 aromatic rings. The first kappa shape index (κ1) is 13.3. The summed E-state index contributed by atoms with van der Waals surface area (Å²) in [5, 5.41) is 20.2. The molecule has 0 saturated carbocycles. The van der Waals surface area contributed by atoms with Crippen molar-refractivity contribution in [3.05, 3.63) is 56.9 Å². The molecule has 0 amide bonds. The summed E-state index contributed by atoms with van der Waals surface area (Å²) in [6, 6.07) is 6.70. The lowest BCUT2D eigenvalue weighted by molar-refractivity contribution is -0.384. The number of nitro groups is 1. The number of hydrogen-bond acceptors (Lipinski definition) is 3. The van der Waals surface area contributed by atoms with E-state index in [1.54, 1.807) is 12.1 Å². The van der Waals surface area contributed by atoms with Gasteiger partial charge in [-0.2, -0.15) is 0 Å². The molecule has 0 atom stereocenters. The molecule has 5 heteroatoms. The molecular formula is C14H16N2O3. The molecule has 100 valence electrons. The summed E-state index contributed by atoms with van der Waals surface area (Å²) >= 11 is 0. The Kier molecular flexibility index (Phi) is 3.40. The van der Waals surface area contributed by atoms with Crippen LogP contribution in [0.4, 0.5) is 5.69 Å². The number of benzene rings is 1. The van der Waals surface area contributed by atoms with Crippen molar-refractivity contribution in [1.82, 2.24) is 4.57 Å². The molecule has 5 nitrogen and oxygen atoms in total. The predicted molar refractivity (Wildman–Crippen MR) is 72.6 cm³/mol. The van der Waals surface area contributed by atoms with Crippen LogP contribution in [0.2, 0.25) is 0 Å². The van der Waals surface area contributed by atoms with Crippen molar-refractivity contribution in [2.75, 3.05) is 0 Å². The third-order valence-electron chi connectivity index (χ3n) is 3.35. The van der Waals surface area contributed by atoms with Crippen molar-refractivity contribution >= 4 is 5.69 Å². The molecule has 1 aromatic carbocycles. The van der Waals surface area contributed by atoms with E-state index >= 15 is 0 Å². The smallest absolute Gasteiger partial charge is 0.271 e. The van der Waals surface area contributed by atoms with Gasteiger partial charge in [-0.25, -0.2) is 0 Å². The summed E-state index contributed by atoms with van der Waals surface area (Å²) in [5.74, 6) is 0. The fourth-order valence-corrected chi connectivity index (χ4v) is 2.31. The van der Waals surface area contributed by atoms with E-state index in [0.717, 1.165) is 28.2 Å². The average Bonchev–Trinajstić information content (AvgIpc) is 2.65. The first-order chi connectivity index (χ1) is 8.95. The van der Waals surface area contributed by atoms with E-state index in [9.17, 15) is 15.2 Å². The lowest BCUT2D eigenvalue weighted by Gasteiger charge is -2.12. The summed E-state index contributed by atoms with van der Waals surface area (Å²) in [6.07, 6.45) is 0. The second-order valence-electron chi connectivity index (χ2n) is 4.62. The average molecular weight is 260 g/mol. The molecule has 0 fully saturated rings. The Morgan fingerprint density at radius 2 is 1.95 bits per heavy atom. The molecule has 1 heterocycles. The molecule has 0 radical (unpaired) electrons. The van der Waals surface area contributed by atoms with E-state index in [-0.39, 0.29) is 12.3 Å². The summed E-state index contributed by atoms with van der Waals surface area (Å²) < 4.78 is 1.94. The molecule has 0 saturated heterocycles. The number of nitrogens with zero attached hydrogens (tertiary/aromatic N) is 2. The monoisotopic (exact) mass is 260 g/mol. The number of non-ortho nitro benzene ring substituents is 1. The van der Waals surface area contributed by atoms with Crippen LogP contribution in [0, 0.1) is 30.9 Å². The quantitative estimate of drug-likeness (QED) is 0.681. The molecule has 0 spiro atoms. The molecule has 1 N–H and O–H groups in total. The van der Waals surface area contributed by atoms with Gasteiger partial charge in [0.15, 0.2) is 0 Å². The van der Waals surface area contributed by atoms with Crippen molar-refractivity contribution in [2.24, 2.45) is 0 Å². The summed E-state index contributed by atoms with van der Waals surface area (Å²) in [7, 11) is 0. The maximum Gasteiger partial charge on any atom is 0.271 e. The molecule has 0 unspecified atom stereocenters. The van der Waals surface area contributed by atoms with Crippen LogP contribution < -0.4 is 0 Å². The maximum atomic E-state index is 10.9. The normalized spacial score (nSPS) is 10.7. The van der Waals surface area contributed by atoms with Gasteiger partial charge in [0.05, 0.1) is 17.2 Å². The molecule has 2 rings (SSSR count). The number of rotatable bonds is 3. The highest BCUT2D eigenvalue weighted by molar-refractivity contribution is 5.52. The Morgan fingerprint density at radius 3 is 2.47 bits per heavy atom. The Hall–Kier alpha value is -2.14. The van der Waals surface area contributed by atoms with Gasteiger partial charge in [-0.1, -0.05) is 6.07 Å². The third kappa shape index (κ3) is 2.24. The van der Waals surface area contributed by atoms with Crippen molar-refractivity contribution in [3.63, 3.8) is 0 Å². The Bertz CT molecular complexity index is 644. The first-order valence-corrected chi connectivity index (χ1v) is 5.99. The minimum atomic E-state index is -0.399. The zero-order chi connectivity index (χ0) is 14.2. The second kappa shape index (κ2) is 4.85. The fraction of sp³-hybridized carbons (Fsp3) is 0.286. The minimum absolute atomic E-state index is 0.0341. The van der Waals surface area contributed by atoms with Crippen molar-refractivity contribution in [1.29, 1.82) is 0 Å². The lowest BCUT2D eigenvalue weighted by Crippen LogP contribution is -2.03. The van der Waals surface area contributed by atoms with Crippen LogP contribution in [0.5, 0.6) is 0 Å². The highest BCUT2D eigenvalue weighted by Gasteiger charge is 2.15. The van der Waals surface area contributed by atoms with Crippen LogP contribution in [-0.4, -0.2) is 14.6 Å². The van der Waals surface area contributed by atoms with Crippen LogP contribution in [0.1, 0.15) is 22.5 Å². The van der Waals surface area contributed by atoms with Gasteiger partial charge < -0.3 is 9.67 Å². The zero-order valence-electron chi connectivity index (χ0n) is 11.2. The Labute approximate surface area is 111 Å². The van der Waals surface area contributed by atoms with Gasteiger partial charge in [-0.05, 0) is 38.0 Å². The second-order valence-corrected chi connectivity index (χ2v) is 4.62. The van der Waals surface area contributed by atoms with Gasteiger partial charge in [0.1, 0.15) is 0 Å². The molecule has 0 aliphatic carbocycles. The topological polar surface area (TPSA) is 68.3 Å². The summed E-state index contributed by atoms with van der Waals surface area (Å²) in [4.78, 5) is 10.5. The van der Waals surface area contributed by atoms with E-state index in [4.69, 9.17) is 0 Å². The predicted octanol–water partition coefficient (Wildman–Crippen LogP) is 2.80. The maximum absolute atomic E-state index is 10.9. The fourth-order valence-electron chi connectivity index (χ4n) is 2.31. The zero-order valence-corrected chi connectivity index (χ0v) is 11.2. The van der Waals surface area contributed by atoms with Crippen LogP contribution in [0.3, 0.4) is 0 Å². The molecule has 0 aliphatic heterocycles. The molecule has 0 bridgehead atoms. The van der Waals surface area contributed by atoms with Crippen LogP contribution in [-0.2, 0) is 6.61 Å². The highest BCUT2D eigenvalue weighted by Crippen LogP contribution is 2.26. The van der Waals surface area contributed by atoms with Crippen LogP contribution in [0.25, 0.3) is 5.69 Å². The van der Waals surface area contributed by atoms with Crippen molar-refractivity contribution in [2.45, 2.75) is 27.4 Å². The number of aliphatic hydroxyl groups is 1. The van der Waals surface area contributed by atoms with E-state index < -0.39 is 4.92 Å². The van der Waals surface area contributed by atoms with E-state index in [1.807, 2.05) is 31.4 Å². The molecule has 19 heavy (non-hydrogen) atoms. The van der Waals surface area contributed by atoms with Crippen LogP contribution >= 0.6 is 0 Å². The third-order valence-corrected chi connectivity index (χ3v) is 3.35. The number of aliphatic hydroxyl groups excluding tert-OH is 1. The van der Waals surface area contributed by atoms with Gasteiger partial charge in [0.25, 0.3) is 5.69 Å². The summed E-state index contributed by atoms with van der Waals surface area (Å²) in [6.45, 7) is 5.70. The van der Waals surface area contributed by atoms with E-state index in [2.05, 4.69) is 0 Å². The largest absolute Gasteiger partial charge is 0.392 e. The summed E-state index contributed by atoms with van der Waals surface area (Å²) in [5.41, 5.74) is 4.50. The van der Waals surface area contributed by atoms with Crippen molar-refractivity contribution in [3.8, 4) is 5.69 Å². The first-order valence-electron chi connectivity index (χ1n) is 5.99. The van der Waals surface area contributed by atoms with Gasteiger partial charge in [0.2, 0.25) is 0 Å².